The van der Waals surface area contributed by atoms with E-state index in [1.165, 1.54) is 0 Å². The van der Waals surface area contributed by atoms with Gasteiger partial charge in [0.15, 0.2) is 0 Å². The summed E-state index contributed by atoms with van der Waals surface area (Å²) in [5.74, 6) is 0.0112. The average Bonchev–Trinajstić information content (AvgIpc) is 3.54. The van der Waals surface area contributed by atoms with E-state index in [0.717, 1.165) is 28.7 Å². The van der Waals surface area contributed by atoms with Gasteiger partial charge in [0, 0.05) is 48.0 Å². The number of halogens is 2. The van der Waals surface area contributed by atoms with Crippen molar-refractivity contribution in [2.75, 3.05) is 31.1 Å². The molecule has 2 saturated heterocycles. The zero-order valence-electron chi connectivity index (χ0n) is 23.7. The number of piperazine rings is 1. The number of imidazole rings is 1. The van der Waals surface area contributed by atoms with Gasteiger partial charge >= 0.3 is 6.09 Å². The minimum absolute atomic E-state index is 0.0112. The molecule has 3 aromatic rings. The first-order valence-corrected chi connectivity index (χ1v) is 14.6. The fourth-order valence-electron chi connectivity index (χ4n) is 5.81. The fourth-order valence-corrected chi connectivity index (χ4v) is 6.37. The largest absolute Gasteiger partial charge is 0.444 e. The maximum atomic E-state index is 13.5. The first-order valence-electron chi connectivity index (χ1n) is 13.9. The summed E-state index contributed by atoms with van der Waals surface area (Å²) in [6.45, 7) is 12.2. The maximum absolute atomic E-state index is 13.5. The average molecular weight is 587 g/mol. The van der Waals surface area contributed by atoms with Crippen LogP contribution < -0.4 is 4.90 Å². The molecule has 1 aromatic heterocycles. The smallest absolute Gasteiger partial charge is 0.410 e. The molecule has 40 heavy (non-hydrogen) atoms. The molecule has 0 spiro atoms. The predicted molar refractivity (Wildman–Crippen MR) is 159 cm³/mol. The minimum atomic E-state index is -0.594. The molecule has 2 amide bonds. The molecular weight excluding hydrogens is 549 g/mol. The quantitative estimate of drug-likeness (QED) is 0.355. The van der Waals surface area contributed by atoms with Gasteiger partial charge in [-0.05, 0) is 83.4 Å². The van der Waals surface area contributed by atoms with Gasteiger partial charge in [0.25, 0.3) is 0 Å². The molecule has 1 unspecified atom stereocenters. The van der Waals surface area contributed by atoms with Gasteiger partial charge in [0.2, 0.25) is 5.91 Å². The molecule has 2 aliphatic rings. The number of carbonyl (C=O) groups is 2. The Bertz CT molecular complexity index is 1420. The number of anilines is 1. The summed E-state index contributed by atoms with van der Waals surface area (Å²) in [6, 6.07) is 11.5. The number of nitrogens with zero attached hydrogens (tertiary/aromatic N) is 5. The van der Waals surface area contributed by atoms with E-state index in [-0.39, 0.29) is 18.0 Å². The van der Waals surface area contributed by atoms with E-state index < -0.39 is 17.7 Å². The van der Waals surface area contributed by atoms with Gasteiger partial charge in [0.05, 0.1) is 23.4 Å². The molecule has 0 bridgehead atoms. The molecule has 10 heteroatoms. The molecule has 214 valence electrons. The Hall–Kier alpha value is -2.97. The van der Waals surface area contributed by atoms with E-state index in [9.17, 15) is 9.59 Å². The summed E-state index contributed by atoms with van der Waals surface area (Å²) in [7, 11) is 0. The highest BCUT2D eigenvalue weighted by atomic mass is 35.5. The lowest BCUT2D eigenvalue weighted by atomic mass is 10.1. The molecule has 0 radical (unpaired) electrons. The van der Waals surface area contributed by atoms with Crippen molar-refractivity contribution in [2.24, 2.45) is 0 Å². The van der Waals surface area contributed by atoms with Crippen LogP contribution in [0.3, 0.4) is 0 Å². The zero-order valence-corrected chi connectivity index (χ0v) is 25.2. The first kappa shape index (κ1) is 28.6. The van der Waals surface area contributed by atoms with Crippen LogP contribution in [0, 0.1) is 0 Å². The van der Waals surface area contributed by atoms with E-state index in [2.05, 4.69) is 40.4 Å². The lowest BCUT2D eigenvalue weighted by Crippen LogP contribution is -2.57. The summed E-state index contributed by atoms with van der Waals surface area (Å²) in [5.41, 5.74) is 3.39. The molecule has 2 aromatic carbocycles. The summed E-state index contributed by atoms with van der Waals surface area (Å²) in [6.07, 6.45) is 2.91. The minimum Gasteiger partial charge on any atom is -0.444 e. The van der Waals surface area contributed by atoms with Gasteiger partial charge in [-0.3, -0.25) is 9.69 Å². The van der Waals surface area contributed by atoms with Gasteiger partial charge in [-0.25, -0.2) is 9.78 Å². The highest BCUT2D eigenvalue weighted by Gasteiger charge is 2.40. The molecular formula is C30H37Cl2N5O3. The van der Waals surface area contributed by atoms with Gasteiger partial charge in [-0.15, -0.1) is 0 Å². The van der Waals surface area contributed by atoms with Crippen molar-refractivity contribution in [3.63, 3.8) is 0 Å². The summed E-state index contributed by atoms with van der Waals surface area (Å²) in [5, 5.41) is 1.23. The Kier molecular flexibility index (Phi) is 7.94. The Labute approximate surface area is 245 Å². The van der Waals surface area contributed by atoms with E-state index in [1.54, 1.807) is 11.0 Å². The number of fused-ring (bicyclic) bond motifs is 1. The van der Waals surface area contributed by atoms with Gasteiger partial charge < -0.3 is 19.1 Å². The van der Waals surface area contributed by atoms with Gasteiger partial charge in [-0.2, -0.15) is 0 Å². The lowest BCUT2D eigenvalue weighted by Gasteiger charge is -2.42. The fraction of sp³-hybridized carbons (Fsp3) is 0.500. The number of rotatable bonds is 4. The van der Waals surface area contributed by atoms with Crippen LogP contribution in [0.4, 0.5) is 10.5 Å². The normalized spacial score (nSPS) is 20.7. The number of aromatic nitrogens is 2. The van der Waals surface area contributed by atoms with Crippen molar-refractivity contribution in [3.8, 4) is 0 Å². The third-order valence-corrected chi connectivity index (χ3v) is 8.39. The second-order valence-corrected chi connectivity index (χ2v) is 12.7. The summed E-state index contributed by atoms with van der Waals surface area (Å²) < 4.78 is 7.70. The molecule has 3 heterocycles. The number of benzene rings is 2. The SMILES string of the molecule is C[C@@H]1CN(C(=O)C2CCCN2C(=O)OC(C)(C)C)CCN1c1ccc2ncn([C@H](C)c3ccc(Cl)cc3Cl)c2c1. The van der Waals surface area contributed by atoms with Crippen LogP contribution in [0.5, 0.6) is 0 Å². The molecule has 0 N–H and O–H groups in total. The number of likely N-dealkylation sites (tertiary alicyclic amines) is 1. The molecule has 2 fully saturated rings. The van der Waals surface area contributed by atoms with Crippen molar-refractivity contribution < 1.29 is 14.3 Å². The number of ether oxygens (including phenoxy) is 1. The van der Waals surface area contributed by atoms with Gasteiger partial charge in [0.1, 0.15) is 11.6 Å². The van der Waals surface area contributed by atoms with Crippen LogP contribution in [0.15, 0.2) is 42.7 Å². The number of carbonyl (C=O) groups excluding carboxylic acids is 2. The summed E-state index contributed by atoms with van der Waals surface area (Å²) in [4.78, 5) is 36.8. The highest BCUT2D eigenvalue weighted by molar-refractivity contribution is 6.35. The molecule has 3 atom stereocenters. The zero-order chi connectivity index (χ0) is 28.8. The first-order chi connectivity index (χ1) is 18.9. The number of hydrogen-bond acceptors (Lipinski definition) is 5. The van der Waals surface area contributed by atoms with Crippen LogP contribution in [0.1, 0.15) is 59.1 Å². The van der Waals surface area contributed by atoms with Crippen molar-refractivity contribution in [1.29, 1.82) is 0 Å². The number of amides is 2. The molecule has 0 aliphatic carbocycles. The summed E-state index contributed by atoms with van der Waals surface area (Å²) >= 11 is 12.6. The molecule has 2 aliphatic heterocycles. The monoisotopic (exact) mass is 585 g/mol. The third-order valence-electron chi connectivity index (χ3n) is 7.82. The molecule has 0 saturated carbocycles. The Morgan fingerprint density at radius 1 is 1.07 bits per heavy atom. The second-order valence-electron chi connectivity index (χ2n) is 11.8. The van der Waals surface area contributed by atoms with E-state index >= 15 is 0 Å². The van der Waals surface area contributed by atoms with Crippen molar-refractivity contribution >= 4 is 51.9 Å². The van der Waals surface area contributed by atoms with Crippen molar-refractivity contribution in [3.05, 3.63) is 58.3 Å². The Morgan fingerprint density at radius 2 is 1.85 bits per heavy atom. The Morgan fingerprint density at radius 3 is 2.55 bits per heavy atom. The third kappa shape index (κ3) is 5.75. The molecule has 8 nitrogen and oxygen atoms in total. The topological polar surface area (TPSA) is 70.9 Å². The Balaban J connectivity index is 1.31. The van der Waals surface area contributed by atoms with Crippen molar-refractivity contribution in [1.82, 2.24) is 19.4 Å². The van der Waals surface area contributed by atoms with Crippen LogP contribution in [-0.2, 0) is 9.53 Å². The van der Waals surface area contributed by atoms with Crippen LogP contribution >= 0.6 is 23.2 Å². The predicted octanol–water partition coefficient (Wildman–Crippen LogP) is 6.39. The maximum Gasteiger partial charge on any atom is 0.410 e. The van der Waals surface area contributed by atoms with Crippen LogP contribution in [0.2, 0.25) is 10.0 Å². The van der Waals surface area contributed by atoms with Crippen molar-refractivity contribution in [2.45, 2.75) is 71.2 Å². The van der Waals surface area contributed by atoms with E-state index in [4.69, 9.17) is 27.9 Å². The second kappa shape index (κ2) is 11.1. The standard InChI is InChI=1S/C30H37Cl2N5O3/c1-19-17-34(28(38)26-7-6-12-36(26)29(39)40-30(3,4)5)13-14-35(19)22-9-11-25-27(16-22)37(18-33-25)20(2)23-10-8-21(31)15-24(23)32/h8-11,15-16,18-20,26H,6-7,12-14,17H2,1-5H3/t19-,20-,26?/m1/s1. The highest BCUT2D eigenvalue weighted by Crippen LogP contribution is 2.33. The van der Waals surface area contributed by atoms with Crippen LogP contribution in [0.25, 0.3) is 11.0 Å². The van der Waals surface area contributed by atoms with E-state index in [0.29, 0.717) is 42.6 Å². The number of hydrogen-bond donors (Lipinski definition) is 0. The molecule has 5 rings (SSSR count). The van der Waals surface area contributed by atoms with Crippen LogP contribution in [-0.4, -0.2) is 75.2 Å². The van der Waals surface area contributed by atoms with Gasteiger partial charge in [-0.1, -0.05) is 29.3 Å². The lowest BCUT2D eigenvalue weighted by molar-refractivity contribution is -0.136. The van der Waals surface area contributed by atoms with E-state index in [1.807, 2.05) is 50.2 Å².